The van der Waals surface area contributed by atoms with Crippen LogP contribution >= 0.6 is 0 Å². The summed E-state index contributed by atoms with van der Waals surface area (Å²) in [5.74, 6) is -0.140. The molecule has 80 valence electrons. The van der Waals surface area contributed by atoms with Gasteiger partial charge in [-0.3, -0.25) is 4.79 Å². The average Bonchev–Trinajstić information content (AvgIpc) is 2.50. The fraction of sp³-hybridized carbons (Fsp3) is 0.0714. The van der Waals surface area contributed by atoms with Crippen molar-refractivity contribution in [2.45, 2.75) is 6.92 Å². The molecule has 0 aromatic rings. The third-order valence-electron chi connectivity index (χ3n) is 2.43. The van der Waals surface area contributed by atoms with Crippen LogP contribution in [0.1, 0.15) is 6.92 Å². The summed E-state index contributed by atoms with van der Waals surface area (Å²) in [6, 6.07) is 13.8. The molecular weight excluding hydrogens is 198 g/mol. The van der Waals surface area contributed by atoms with Crippen molar-refractivity contribution in [3.05, 3.63) is 54.6 Å². The molecule has 0 aromatic heterocycles. The van der Waals surface area contributed by atoms with E-state index in [4.69, 9.17) is 0 Å². The van der Waals surface area contributed by atoms with Gasteiger partial charge in [0.2, 0.25) is 0 Å². The van der Waals surface area contributed by atoms with Crippen LogP contribution in [0.2, 0.25) is 0 Å². The molecule has 1 N–H and O–H groups in total. The minimum atomic E-state index is -0.140. The standard InChI is InChI=1S/C14H13NO/c1-10(2)14(16)15-13-9-8-11-6-4-3-5-7-12(11)13/h3-9H,1H2,2H3,(H,15,16). The van der Waals surface area contributed by atoms with Crippen LogP contribution in [0.15, 0.2) is 54.6 Å². The smallest absolute Gasteiger partial charge is 0.250 e. The normalized spacial score (nSPS) is 10.1. The van der Waals surface area contributed by atoms with E-state index < -0.39 is 0 Å². The van der Waals surface area contributed by atoms with Gasteiger partial charge >= 0.3 is 0 Å². The molecule has 0 aliphatic heterocycles. The molecule has 2 aliphatic rings. The first-order valence-electron chi connectivity index (χ1n) is 5.13. The molecule has 0 saturated heterocycles. The van der Waals surface area contributed by atoms with Crippen molar-refractivity contribution in [3.63, 3.8) is 0 Å². The van der Waals surface area contributed by atoms with Crippen LogP contribution < -0.4 is 5.32 Å². The zero-order chi connectivity index (χ0) is 11.5. The molecule has 0 unspecified atom stereocenters. The van der Waals surface area contributed by atoms with Gasteiger partial charge in [-0.1, -0.05) is 43.0 Å². The predicted molar refractivity (Wildman–Crippen MR) is 66.5 cm³/mol. The molecule has 2 nitrogen and oxygen atoms in total. The second kappa shape index (κ2) is 4.19. The zero-order valence-corrected chi connectivity index (χ0v) is 9.16. The summed E-state index contributed by atoms with van der Waals surface area (Å²) in [7, 11) is 0. The van der Waals surface area contributed by atoms with E-state index in [0.29, 0.717) is 5.57 Å². The van der Waals surface area contributed by atoms with Crippen molar-refractivity contribution in [2.24, 2.45) is 0 Å². The largest absolute Gasteiger partial charge is 0.322 e. The van der Waals surface area contributed by atoms with Crippen molar-refractivity contribution in [1.29, 1.82) is 0 Å². The summed E-state index contributed by atoms with van der Waals surface area (Å²) in [6.45, 7) is 5.31. The first-order chi connectivity index (χ1) is 7.68. The first-order valence-corrected chi connectivity index (χ1v) is 5.13. The SMILES string of the molecule is C=C(C)C(=O)Nc1ccc2cccccc1-2. The van der Waals surface area contributed by atoms with Crippen LogP contribution in [0.4, 0.5) is 5.69 Å². The molecule has 16 heavy (non-hydrogen) atoms. The minimum absolute atomic E-state index is 0.140. The Bertz CT molecular complexity index is 516. The van der Waals surface area contributed by atoms with Gasteiger partial charge in [0.15, 0.2) is 0 Å². The van der Waals surface area contributed by atoms with Gasteiger partial charge in [-0.05, 0) is 18.6 Å². The highest BCUT2D eigenvalue weighted by Crippen LogP contribution is 2.31. The Morgan fingerprint density at radius 1 is 1.12 bits per heavy atom. The number of hydrogen-bond donors (Lipinski definition) is 1. The molecule has 1 amide bonds. The Morgan fingerprint density at radius 2 is 1.88 bits per heavy atom. The van der Waals surface area contributed by atoms with Crippen LogP contribution in [-0.2, 0) is 4.79 Å². The summed E-state index contributed by atoms with van der Waals surface area (Å²) in [5, 5.41) is 2.84. The molecule has 0 saturated carbocycles. The lowest BCUT2D eigenvalue weighted by Gasteiger charge is -2.04. The van der Waals surface area contributed by atoms with E-state index in [1.165, 1.54) is 0 Å². The van der Waals surface area contributed by atoms with Crippen LogP contribution in [0.5, 0.6) is 0 Å². The molecule has 2 rings (SSSR count). The molecule has 0 aromatic carbocycles. The molecule has 0 heterocycles. The Balaban J connectivity index is 2.35. The zero-order valence-electron chi connectivity index (χ0n) is 9.16. The monoisotopic (exact) mass is 211 g/mol. The van der Waals surface area contributed by atoms with E-state index in [0.717, 1.165) is 16.8 Å². The van der Waals surface area contributed by atoms with Crippen LogP contribution in [0.3, 0.4) is 0 Å². The number of carbonyl (C=O) groups excluding carboxylic acids is 1. The summed E-state index contributed by atoms with van der Waals surface area (Å²) in [5.41, 5.74) is 3.50. The number of nitrogens with one attached hydrogen (secondary N) is 1. The maximum Gasteiger partial charge on any atom is 0.250 e. The van der Waals surface area contributed by atoms with Gasteiger partial charge in [0, 0.05) is 16.8 Å². The average molecular weight is 211 g/mol. The van der Waals surface area contributed by atoms with E-state index in [1.807, 2.05) is 42.5 Å². The van der Waals surface area contributed by atoms with Crippen molar-refractivity contribution in [2.75, 3.05) is 5.32 Å². The molecular formula is C14H13NO. The van der Waals surface area contributed by atoms with Crippen molar-refractivity contribution >= 4 is 11.6 Å². The lowest BCUT2D eigenvalue weighted by molar-refractivity contribution is -0.112. The maximum atomic E-state index is 11.5. The number of hydrogen-bond acceptors (Lipinski definition) is 1. The van der Waals surface area contributed by atoms with Crippen molar-refractivity contribution < 1.29 is 4.79 Å². The molecule has 0 spiro atoms. The third kappa shape index (κ3) is 1.96. The molecule has 0 bridgehead atoms. The Labute approximate surface area is 94.9 Å². The summed E-state index contributed by atoms with van der Waals surface area (Å²) in [6.07, 6.45) is 0. The molecule has 2 aliphatic carbocycles. The quantitative estimate of drug-likeness (QED) is 0.759. The Kier molecular flexibility index (Phi) is 2.73. The van der Waals surface area contributed by atoms with Gasteiger partial charge in [0.25, 0.3) is 5.91 Å². The van der Waals surface area contributed by atoms with Crippen molar-refractivity contribution in [3.8, 4) is 11.1 Å². The summed E-state index contributed by atoms with van der Waals surface area (Å²) in [4.78, 5) is 11.5. The highest BCUT2D eigenvalue weighted by atomic mass is 16.1. The molecule has 0 atom stereocenters. The fourth-order valence-corrected chi connectivity index (χ4v) is 1.55. The van der Waals surface area contributed by atoms with Gasteiger partial charge < -0.3 is 5.32 Å². The number of carbonyl (C=O) groups is 1. The lowest BCUT2D eigenvalue weighted by Crippen LogP contribution is -2.11. The molecule has 0 fully saturated rings. The second-order valence-corrected chi connectivity index (χ2v) is 3.76. The molecule has 2 heteroatoms. The third-order valence-corrected chi connectivity index (χ3v) is 2.43. The maximum absolute atomic E-state index is 11.5. The number of anilines is 1. The highest BCUT2D eigenvalue weighted by Gasteiger charge is 2.10. The number of fused-ring (bicyclic) bond motifs is 1. The topological polar surface area (TPSA) is 29.1 Å². The van der Waals surface area contributed by atoms with E-state index in [-0.39, 0.29) is 5.91 Å². The fourth-order valence-electron chi connectivity index (χ4n) is 1.55. The van der Waals surface area contributed by atoms with E-state index in [9.17, 15) is 4.79 Å². The number of amides is 1. The van der Waals surface area contributed by atoms with Gasteiger partial charge in [0.1, 0.15) is 0 Å². The number of rotatable bonds is 2. The van der Waals surface area contributed by atoms with E-state index in [2.05, 4.69) is 11.9 Å². The Morgan fingerprint density at radius 3 is 2.62 bits per heavy atom. The summed E-state index contributed by atoms with van der Waals surface area (Å²) >= 11 is 0. The van der Waals surface area contributed by atoms with Crippen LogP contribution in [0.25, 0.3) is 11.1 Å². The van der Waals surface area contributed by atoms with Gasteiger partial charge in [-0.2, -0.15) is 0 Å². The lowest BCUT2D eigenvalue weighted by atomic mass is 10.2. The predicted octanol–water partition coefficient (Wildman–Crippen LogP) is 3.31. The summed E-state index contributed by atoms with van der Waals surface area (Å²) < 4.78 is 0. The second-order valence-electron chi connectivity index (χ2n) is 3.76. The molecule has 0 radical (unpaired) electrons. The van der Waals surface area contributed by atoms with E-state index in [1.54, 1.807) is 6.92 Å². The van der Waals surface area contributed by atoms with Crippen LogP contribution in [0, 0.1) is 0 Å². The van der Waals surface area contributed by atoms with Crippen LogP contribution in [-0.4, -0.2) is 5.91 Å². The first kappa shape index (κ1) is 10.4. The minimum Gasteiger partial charge on any atom is -0.322 e. The van der Waals surface area contributed by atoms with Crippen molar-refractivity contribution in [1.82, 2.24) is 0 Å². The van der Waals surface area contributed by atoms with E-state index >= 15 is 0 Å². The van der Waals surface area contributed by atoms with Gasteiger partial charge in [0.05, 0.1) is 0 Å². The van der Waals surface area contributed by atoms with Gasteiger partial charge in [-0.25, -0.2) is 0 Å². The Hall–Kier alpha value is -2.09. The van der Waals surface area contributed by atoms with Gasteiger partial charge in [-0.15, -0.1) is 0 Å². The highest BCUT2D eigenvalue weighted by molar-refractivity contribution is 6.05.